The molecular weight excluding hydrogens is 232 g/mol. The van der Waals surface area contributed by atoms with Gasteiger partial charge in [-0.15, -0.1) is 0 Å². The van der Waals surface area contributed by atoms with Crippen LogP contribution in [0.15, 0.2) is 12.1 Å². The third-order valence-electron chi connectivity index (χ3n) is 2.97. The van der Waals surface area contributed by atoms with E-state index >= 15 is 0 Å². The van der Waals surface area contributed by atoms with Crippen LogP contribution in [0.4, 0.5) is 0 Å². The molecule has 96 valence electrons. The molecule has 5 nitrogen and oxygen atoms in total. The van der Waals surface area contributed by atoms with Gasteiger partial charge >= 0.3 is 0 Å². The van der Waals surface area contributed by atoms with Gasteiger partial charge in [0.15, 0.2) is 0 Å². The van der Waals surface area contributed by atoms with E-state index in [2.05, 4.69) is 4.98 Å². The lowest BCUT2D eigenvalue weighted by Crippen LogP contribution is -2.14. The molecule has 0 unspecified atom stereocenters. The van der Waals surface area contributed by atoms with Gasteiger partial charge in [0.2, 0.25) is 5.91 Å². The van der Waals surface area contributed by atoms with Gasteiger partial charge < -0.3 is 20.2 Å². The topological polar surface area (TPSA) is 77.3 Å². The van der Waals surface area contributed by atoms with Crippen molar-refractivity contribution < 1.29 is 14.3 Å². The number of hydrogen-bond acceptors (Lipinski definition) is 3. The van der Waals surface area contributed by atoms with Crippen molar-refractivity contribution >= 4 is 16.8 Å². The Morgan fingerprint density at radius 3 is 2.61 bits per heavy atom. The standard InChI is InChI=1S/C13H16N2O3/c1-7-9(6-12(14)16)10-4-8(17-2)5-11(18-3)13(10)15-7/h4-5,15H,6H2,1-3H3,(H2,14,16). The highest BCUT2D eigenvalue weighted by Gasteiger charge is 2.15. The first-order chi connectivity index (χ1) is 8.56. The molecule has 0 aliphatic carbocycles. The van der Waals surface area contributed by atoms with E-state index in [1.54, 1.807) is 20.3 Å². The normalized spacial score (nSPS) is 10.6. The number of aromatic amines is 1. The third-order valence-corrected chi connectivity index (χ3v) is 2.97. The summed E-state index contributed by atoms with van der Waals surface area (Å²) >= 11 is 0. The Morgan fingerprint density at radius 1 is 1.33 bits per heavy atom. The Bertz CT molecular complexity index is 602. The summed E-state index contributed by atoms with van der Waals surface area (Å²) in [5.74, 6) is 1.01. The number of amides is 1. The highest BCUT2D eigenvalue weighted by Crippen LogP contribution is 2.34. The zero-order valence-electron chi connectivity index (χ0n) is 10.7. The summed E-state index contributed by atoms with van der Waals surface area (Å²) in [5, 5.41) is 0.905. The number of nitrogens with two attached hydrogens (primary N) is 1. The van der Waals surface area contributed by atoms with Crippen molar-refractivity contribution in [2.75, 3.05) is 14.2 Å². The molecule has 1 amide bonds. The fourth-order valence-corrected chi connectivity index (χ4v) is 2.10. The van der Waals surface area contributed by atoms with E-state index in [4.69, 9.17) is 15.2 Å². The minimum atomic E-state index is -0.360. The van der Waals surface area contributed by atoms with E-state index in [-0.39, 0.29) is 12.3 Å². The molecule has 2 aromatic rings. The summed E-state index contributed by atoms with van der Waals surface area (Å²) in [6.45, 7) is 1.91. The van der Waals surface area contributed by atoms with Crippen LogP contribution in [-0.4, -0.2) is 25.1 Å². The van der Waals surface area contributed by atoms with E-state index in [1.165, 1.54) is 0 Å². The molecule has 0 bridgehead atoms. The summed E-state index contributed by atoms with van der Waals surface area (Å²) in [7, 11) is 3.19. The number of benzene rings is 1. The Morgan fingerprint density at radius 2 is 2.06 bits per heavy atom. The molecule has 5 heteroatoms. The number of carbonyl (C=O) groups is 1. The quantitative estimate of drug-likeness (QED) is 0.861. The molecular formula is C13H16N2O3. The molecule has 0 saturated heterocycles. The van der Waals surface area contributed by atoms with Crippen LogP contribution in [0.25, 0.3) is 10.9 Å². The predicted molar refractivity (Wildman–Crippen MR) is 69.0 cm³/mol. The Kier molecular flexibility index (Phi) is 3.14. The lowest BCUT2D eigenvalue weighted by atomic mass is 10.1. The summed E-state index contributed by atoms with van der Waals surface area (Å²) in [6, 6.07) is 3.67. The van der Waals surface area contributed by atoms with Gasteiger partial charge in [-0.2, -0.15) is 0 Å². The van der Waals surface area contributed by atoms with Crippen LogP contribution in [0, 0.1) is 6.92 Å². The van der Waals surface area contributed by atoms with Gasteiger partial charge in [-0.3, -0.25) is 4.79 Å². The first-order valence-electron chi connectivity index (χ1n) is 5.58. The van der Waals surface area contributed by atoms with Crippen LogP contribution in [-0.2, 0) is 11.2 Å². The number of ether oxygens (including phenoxy) is 2. The van der Waals surface area contributed by atoms with Gasteiger partial charge in [0.05, 0.1) is 26.2 Å². The van der Waals surface area contributed by atoms with Gasteiger partial charge in [0.25, 0.3) is 0 Å². The summed E-state index contributed by atoms with van der Waals surface area (Å²) in [4.78, 5) is 14.3. The van der Waals surface area contributed by atoms with Crippen molar-refractivity contribution in [3.63, 3.8) is 0 Å². The zero-order chi connectivity index (χ0) is 13.3. The molecule has 0 fully saturated rings. The summed E-state index contributed by atoms with van der Waals surface area (Å²) in [5.41, 5.74) is 7.92. The minimum absolute atomic E-state index is 0.197. The van der Waals surface area contributed by atoms with Crippen LogP contribution in [0.2, 0.25) is 0 Å². The lowest BCUT2D eigenvalue weighted by molar-refractivity contribution is -0.117. The van der Waals surface area contributed by atoms with Gasteiger partial charge in [0.1, 0.15) is 11.5 Å². The second kappa shape index (κ2) is 4.60. The predicted octanol–water partition coefficient (Wildman–Crippen LogP) is 1.52. The molecule has 0 radical (unpaired) electrons. The third kappa shape index (κ3) is 1.99. The van der Waals surface area contributed by atoms with Gasteiger partial charge in [0, 0.05) is 17.1 Å². The van der Waals surface area contributed by atoms with Crippen molar-refractivity contribution in [2.45, 2.75) is 13.3 Å². The average Bonchev–Trinajstić information content (AvgIpc) is 2.64. The van der Waals surface area contributed by atoms with Gasteiger partial charge in [-0.1, -0.05) is 0 Å². The maximum absolute atomic E-state index is 11.1. The van der Waals surface area contributed by atoms with Crippen LogP contribution < -0.4 is 15.2 Å². The first-order valence-corrected chi connectivity index (χ1v) is 5.58. The highest BCUT2D eigenvalue weighted by molar-refractivity contribution is 5.94. The molecule has 1 heterocycles. The molecule has 0 aliphatic heterocycles. The van der Waals surface area contributed by atoms with Crippen molar-refractivity contribution in [2.24, 2.45) is 5.73 Å². The number of primary amides is 1. The molecule has 2 rings (SSSR count). The van der Waals surface area contributed by atoms with Crippen LogP contribution in [0.1, 0.15) is 11.3 Å². The maximum Gasteiger partial charge on any atom is 0.221 e. The Hall–Kier alpha value is -2.17. The number of hydrogen-bond donors (Lipinski definition) is 2. The average molecular weight is 248 g/mol. The fraction of sp³-hybridized carbons (Fsp3) is 0.308. The lowest BCUT2D eigenvalue weighted by Gasteiger charge is -2.06. The van der Waals surface area contributed by atoms with Crippen LogP contribution >= 0.6 is 0 Å². The molecule has 0 atom stereocenters. The highest BCUT2D eigenvalue weighted by atomic mass is 16.5. The number of methoxy groups -OCH3 is 2. The Labute approximate surface area is 105 Å². The number of carbonyl (C=O) groups excluding carboxylic acids is 1. The van der Waals surface area contributed by atoms with Crippen LogP contribution in [0.3, 0.4) is 0 Å². The van der Waals surface area contributed by atoms with E-state index in [9.17, 15) is 4.79 Å². The van der Waals surface area contributed by atoms with Crippen molar-refractivity contribution in [1.29, 1.82) is 0 Å². The number of nitrogens with one attached hydrogen (secondary N) is 1. The monoisotopic (exact) mass is 248 g/mol. The second-order valence-electron chi connectivity index (χ2n) is 4.12. The number of aryl methyl sites for hydroxylation is 1. The maximum atomic E-state index is 11.1. The van der Waals surface area contributed by atoms with Gasteiger partial charge in [-0.05, 0) is 18.6 Å². The summed E-state index contributed by atoms with van der Waals surface area (Å²) < 4.78 is 10.5. The largest absolute Gasteiger partial charge is 0.497 e. The second-order valence-corrected chi connectivity index (χ2v) is 4.12. The number of rotatable bonds is 4. The SMILES string of the molecule is COc1cc(OC)c2[nH]c(C)c(CC(N)=O)c2c1. The molecule has 18 heavy (non-hydrogen) atoms. The smallest absolute Gasteiger partial charge is 0.221 e. The van der Waals surface area contributed by atoms with E-state index < -0.39 is 0 Å². The number of H-pyrrole nitrogens is 1. The van der Waals surface area contributed by atoms with Crippen molar-refractivity contribution in [3.05, 3.63) is 23.4 Å². The zero-order valence-corrected chi connectivity index (χ0v) is 10.7. The van der Waals surface area contributed by atoms with Crippen molar-refractivity contribution in [1.82, 2.24) is 4.98 Å². The van der Waals surface area contributed by atoms with E-state index in [0.717, 1.165) is 22.2 Å². The molecule has 0 spiro atoms. The molecule has 0 saturated carbocycles. The minimum Gasteiger partial charge on any atom is -0.497 e. The van der Waals surface area contributed by atoms with Crippen LogP contribution in [0.5, 0.6) is 11.5 Å². The number of fused-ring (bicyclic) bond motifs is 1. The van der Waals surface area contributed by atoms with E-state index in [0.29, 0.717) is 11.5 Å². The van der Waals surface area contributed by atoms with Crippen molar-refractivity contribution in [3.8, 4) is 11.5 Å². The molecule has 0 aliphatic rings. The van der Waals surface area contributed by atoms with E-state index in [1.807, 2.05) is 13.0 Å². The Balaban J connectivity index is 2.71. The summed E-state index contributed by atoms with van der Waals surface area (Å²) in [6.07, 6.45) is 0.197. The first kappa shape index (κ1) is 12.3. The fourth-order valence-electron chi connectivity index (χ4n) is 2.10. The molecule has 1 aromatic heterocycles. The van der Waals surface area contributed by atoms with Gasteiger partial charge in [-0.25, -0.2) is 0 Å². The number of aromatic nitrogens is 1. The molecule has 1 aromatic carbocycles. The molecule has 3 N–H and O–H groups in total.